The lowest BCUT2D eigenvalue weighted by atomic mass is 9.94. The van der Waals surface area contributed by atoms with E-state index in [1.54, 1.807) is 26.2 Å². The summed E-state index contributed by atoms with van der Waals surface area (Å²) in [5.74, 6) is -0.222. The van der Waals surface area contributed by atoms with Gasteiger partial charge in [-0.25, -0.2) is 0 Å². The van der Waals surface area contributed by atoms with Gasteiger partial charge in [-0.2, -0.15) is 0 Å². The topological polar surface area (TPSA) is 55.8 Å². The summed E-state index contributed by atoms with van der Waals surface area (Å²) in [6.07, 6.45) is 3.19. The van der Waals surface area contributed by atoms with E-state index in [2.05, 4.69) is 0 Å². The molecule has 0 saturated carbocycles. The molecule has 1 aliphatic carbocycles. The van der Waals surface area contributed by atoms with E-state index in [9.17, 15) is 9.59 Å². The summed E-state index contributed by atoms with van der Waals surface area (Å²) in [6, 6.07) is 0. The molecular formula is C12H17NO4. The summed E-state index contributed by atoms with van der Waals surface area (Å²) < 4.78 is 10.4. The summed E-state index contributed by atoms with van der Waals surface area (Å²) in [7, 11) is 6.33. The van der Waals surface area contributed by atoms with Crippen LogP contribution in [0.1, 0.15) is 0 Å². The zero-order valence-electron chi connectivity index (χ0n) is 10.5. The van der Waals surface area contributed by atoms with Gasteiger partial charge in [0.25, 0.3) is 5.91 Å². The molecule has 0 N–H and O–H groups in total. The molecular weight excluding hydrogens is 222 g/mol. The second-order valence-corrected chi connectivity index (χ2v) is 3.92. The van der Waals surface area contributed by atoms with E-state index in [1.165, 1.54) is 19.1 Å². The lowest BCUT2D eigenvalue weighted by Gasteiger charge is -2.26. The highest BCUT2D eigenvalue weighted by Gasteiger charge is 2.28. The Bertz CT molecular complexity index is 371. The van der Waals surface area contributed by atoms with Gasteiger partial charge in [0.2, 0.25) is 0 Å². The standard InChI is InChI=1S/C12H17NO4/c1-13(2)12(15)9-6-11(17-4)10(16-3)5-8(9)7-14/h5-7,10-11H,1-4H3. The van der Waals surface area contributed by atoms with Crippen molar-refractivity contribution < 1.29 is 19.1 Å². The molecule has 0 bridgehead atoms. The molecule has 1 rings (SSSR count). The van der Waals surface area contributed by atoms with Crippen molar-refractivity contribution in [1.29, 1.82) is 0 Å². The molecule has 5 heteroatoms. The van der Waals surface area contributed by atoms with Crippen LogP contribution in [0, 0.1) is 0 Å². The smallest absolute Gasteiger partial charge is 0.253 e. The maximum atomic E-state index is 11.9. The highest BCUT2D eigenvalue weighted by Crippen LogP contribution is 2.22. The van der Waals surface area contributed by atoms with Gasteiger partial charge in [0.15, 0.2) is 6.29 Å². The molecule has 0 aromatic heterocycles. The molecule has 2 unspecified atom stereocenters. The van der Waals surface area contributed by atoms with E-state index in [1.807, 2.05) is 0 Å². The van der Waals surface area contributed by atoms with E-state index in [4.69, 9.17) is 9.47 Å². The summed E-state index contributed by atoms with van der Waals surface area (Å²) in [6.45, 7) is 0. The monoisotopic (exact) mass is 239 g/mol. The summed E-state index contributed by atoms with van der Waals surface area (Å²) in [5.41, 5.74) is 0.689. The highest BCUT2D eigenvalue weighted by atomic mass is 16.5. The van der Waals surface area contributed by atoms with Crippen LogP contribution in [0.2, 0.25) is 0 Å². The molecule has 0 fully saturated rings. The molecule has 1 amide bonds. The number of methoxy groups -OCH3 is 2. The van der Waals surface area contributed by atoms with Crippen LogP contribution >= 0.6 is 0 Å². The number of amides is 1. The van der Waals surface area contributed by atoms with Crippen molar-refractivity contribution in [3.8, 4) is 0 Å². The number of hydrogen-bond donors (Lipinski definition) is 0. The van der Waals surface area contributed by atoms with Crippen LogP contribution in [-0.4, -0.2) is 57.6 Å². The van der Waals surface area contributed by atoms with Crippen LogP contribution in [0.25, 0.3) is 0 Å². The van der Waals surface area contributed by atoms with E-state index in [0.29, 0.717) is 17.4 Å². The van der Waals surface area contributed by atoms with Crippen molar-refractivity contribution >= 4 is 12.2 Å². The van der Waals surface area contributed by atoms with Gasteiger partial charge < -0.3 is 14.4 Å². The van der Waals surface area contributed by atoms with Crippen LogP contribution in [-0.2, 0) is 19.1 Å². The van der Waals surface area contributed by atoms with Crippen molar-refractivity contribution in [2.75, 3.05) is 28.3 Å². The second kappa shape index (κ2) is 5.75. The largest absolute Gasteiger partial charge is 0.374 e. The van der Waals surface area contributed by atoms with E-state index >= 15 is 0 Å². The van der Waals surface area contributed by atoms with Crippen LogP contribution in [0.5, 0.6) is 0 Å². The van der Waals surface area contributed by atoms with Crippen molar-refractivity contribution in [3.63, 3.8) is 0 Å². The third kappa shape index (κ3) is 2.81. The van der Waals surface area contributed by atoms with Gasteiger partial charge in [-0.3, -0.25) is 9.59 Å². The van der Waals surface area contributed by atoms with Gasteiger partial charge in [-0.05, 0) is 12.2 Å². The van der Waals surface area contributed by atoms with Gasteiger partial charge in [-0.15, -0.1) is 0 Å². The van der Waals surface area contributed by atoms with Crippen LogP contribution in [0.15, 0.2) is 23.3 Å². The molecule has 0 aliphatic heterocycles. The second-order valence-electron chi connectivity index (χ2n) is 3.92. The number of carbonyl (C=O) groups is 2. The Hall–Kier alpha value is -1.46. The quantitative estimate of drug-likeness (QED) is 0.656. The van der Waals surface area contributed by atoms with Gasteiger partial charge in [0.05, 0.1) is 0 Å². The number of ether oxygens (including phenoxy) is 2. The first kappa shape index (κ1) is 13.6. The normalized spacial score (nSPS) is 23.8. The van der Waals surface area contributed by atoms with Gasteiger partial charge in [-0.1, -0.05) is 0 Å². The van der Waals surface area contributed by atoms with Crippen molar-refractivity contribution in [2.45, 2.75) is 12.2 Å². The molecule has 1 aliphatic rings. The van der Waals surface area contributed by atoms with Crippen molar-refractivity contribution in [3.05, 3.63) is 23.3 Å². The first-order valence-electron chi connectivity index (χ1n) is 5.21. The minimum absolute atomic E-state index is 0.222. The predicted octanol–water partition coefficient (Wildman–Crippen LogP) is 0.170. The molecule has 0 saturated heterocycles. The zero-order chi connectivity index (χ0) is 13.0. The minimum atomic E-state index is -0.359. The Morgan fingerprint density at radius 3 is 2.18 bits per heavy atom. The fourth-order valence-corrected chi connectivity index (χ4v) is 1.66. The Morgan fingerprint density at radius 2 is 1.76 bits per heavy atom. The highest BCUT2D eigenvalue weighted by molar-refractivity contribution is 6.05. The van der Waals surface area contributed by atoms with Crippen LogP contribution < -0.4 is 0 Å². The first-order chi connectivity index (χ1) is 8.04. The van der Waals surface area contributed by atoms with Crippen LogP contribution in [0.3, 0.4) is 0 Å². The molecule has 0 heterocycles. The molecule has 17 heavy (non-hydrogen) atoms. The third-order valence-corrected chi connectivity index (χ3v) is 2.62. The van der Waals surface area contributed by atoms with E-state index in [-0.39, 0.29) is 18.1 Å². The molecule has 0 radical (unpaired) electrons. The summed E-state index contributed by atoms with van der Waals surface area (Å²) in [5, 5.41) is 0. The average Bonchev–Trinajstić information content (AvgIpc) is 2.35. The predicted molar refractivity (Wildman–Crippen MR) is 62.5 cm³/mol. The first-order valence-corrected chi connectivity index (χ1v) is 5.21. The molecule has 2 atom stereocenters. The maximum Gasteiger partial charge on any atom is 0.253 e. The fourth-order valence-electron chi connectivity index (χ4n) is 1.66. The third-order valence-electron chi connectivity index (χ3n) is 2.62. The summed E-state index contributed by atoms with van der Waals surface area (Å²) >= 11 is 0. The molecule has 0 aromatic carbocycles. The Kier molecular flexibility index (Phi) is 4.60. The number of rotatable bonds is 4. The Morgan fingerprint density at radius 1 is 1.24 bits per heavy atom. The van der Waals surface area contributed by atoms with Gasteiger partial charge >= 0.3 is 0 Å². The number of nitrogens with zero attached hydrogens (tertiary/aromatic N) is 1. The minimum Gasteiger partial charge on any atom is -0.374 e. The lowest BCUT2D eigenvalue weighted by molar-refractivity contribution is -0.125. The molecule has 0 spiro atoms. The SMILES string of the molecule is COC1C=C(C=O)C(C(=O)N(C)C)=CC1OC. The number of likely N-dealkylation sites (N-methyl/N-ethyl adjacent to an activating group) is 1. The van der Waals surface area contributed by atoms with E-state index < -0.39 is 0 Å². The van der Waals surface area contributed by atoms with Crippen molar-refractivity contribution in [2.24, 2.45) is 0 Å². The van der Waals surface area contributed by atoms with Gasteiger partial charge in [0, 0.05) is 39.5 Å². The molecule has 5 nitrogen and oxygen atoms in total. The van der Waals surface area contributed by atoms with Gasteiger partial charge in [0.1, 0.15) is 12.2 Å². The zero-order valence-corrected chi connectivity index (χ0v) is 10.5. The van der Waals surface area contributed by atoms with E-state index in [0.717, 1.165) is 0 Å². The number of aldehydes is 1. The summed E-state index contributed by atoms with van der Waals surface area (Å²) in [4.78, 5) is 24.3. The number of hydrogen-bond acceptors (Lipinski definition) is 4. The average molecular weight is 239 g/mol. The molecule has 94 valence electrons. The van der Waals surface area contributed by atoms with Crippen LogP contribution in [0.4, 0.5) is 0 Å². The fraction of sp³-hybridized carbons (Fsp3) is 0.500. The Balaban J connectivity index is 3.10. The lowest BCUT2D eigenvalue weighted by Crippen LogP contribution is -2.34. The van der Waals surface area contributed by atoms with Crippen molar-refractivity contribution in [1.82, 2.24) is 4.90 Å². The maximum absolute atomic E-state index is 11.9. The number of carbonyl (C=O) groups excluding carboxylic acids is 2. The molecule has 0 aromatic rings. The Labute approximate surface area is 101 Å².